The SMILES string of the molecule is CCN(CC)S(=O)(=O)c1ccc(=O)n(CC(=O)Nc2ccc(F)cc2Cl)c1. The summed E-state index contributed by atoms with van der Waals surface area (Å²) in [6.45, 7) is 3.55. The first kappa shape index (κ1) is 21.1. The van der Waals surface area contributed by atoms with E-state index in [-0.39, 0.29) is 28.7 Å². The molecule has 0 fully saturated rings. The number of nitrogens with one attached hydrogen (secondary N) is 1. The van der Waals surface area contributed by atoms with E-state index in [0.717, 1.165) is 29.0 Å². The van der Waals surface area contributed by atoms with Crippen molar-refractivity contribution in [2.45, 2.75) is 25.3 Å². The third-order valence-electron chi connectivity index (χ3n) is 3.82. The standard InChI is InChI=1S/C17H19ClFN3O4S/c1-3-22(4-2)27(25,26)13-6-8-17(24)21(10-13)11-16(23)20-15-7-5-12(19)9-14(15)18/h5-10H,3-4,11H2,1-2H3,(H,20,23). The Labute approximate surface area is 161 Å². The van der Waals surface area contributed by atoms with Crippen molar-refractivity contribution in [2.24, 2.45) is 0 Å². The lowest BCUT2D eigenvalue weighted by Gasteiger charge is -2.19. The Bertz CT molecular complexity index is 1000. The smallest absolute Gasteiger partial charge is 0.251 e. The van der Waals surface area contributed by atoms with Crippen LogP contribution < -0.4 is 10.9 Å². The first-order valence-electron chi connectivity index (χ1n) is 8.14. The van der Waals surface area contributed by atoms with Gasteiger partial charge in [-0.1, -0.05) is 25.4 Å². The number of carbonyl (C=O) groups is 1. The first-order chi connectivity index (χ1) is 12.7. The Balaban J connectivity index is 2.26. The lowest BCUT2D eigenvalue weighted by Crippen LogP contribution is -2.33. The van der Waals surface area contributed by atoms with E-state index in [1.807, 2.05) is 0 Å². The van der Waals surface area contributed by atoms with Crippen LogP contribution in [0.1, 0.15) is 13.8 Å². The third-order valence-corrected chi connectivity index (χ3v) is 6.16. The number of sulfonamides is 1. The molecule has 0 bridgehead atoms. The van der Waals surface area contributed by atoms with Gasteiger partial charge in [-0.3, -0.25) is 9.59 Å². The van der Waals surface area contributed by atoms with Crippen molar-refractivity contribution in [2.75, 3.05) is 18.4 Å². The van der Waals surface area contributed by atoms with Crippen LogP contribution in [-0.4, -0.2) is 36.3 Å². The zero-order valence-corrected chi connectivity index (χ0v) is 16.3. The summed E-state index contributed by atoms with van der Waals surface area (Å²) < 4.78 is 40.4. The first-order valence-corrected chi connectivity index (χ1v) is 9.96. The van der Waals surface area contributed by atoms with E-state index >= 15 is 0 Å². The number of amides is 1. The van der Waals surface area contributed by atoms with Crippen LogP contribution in [0.4, 0.5) is 10.1 Å². The van der Waals surface area contributed by atoms with Gasteiger partial charge in [-0.25, -0.2) is 12.8 Å². The van der Waals surface area contributed by atoms with Gasteiger partial charge >= 0.3 is 0 Å². The predicted octanol–water partition coefficient (Wildman–Crippen LogP) is 2.31. The Hall–Kier alpha value is -2.23. The number of aromatic nitrogens is 1. The number of anilines is 1. The maximum absolute atomic E-state index is 13.1. The highest BCUT2D eigenvalue weighted by Gasteiger charge is 2.22. The van der Waals surface area contributed by atoms with E-state index < -0.39 is 33.9 Å². The summed E-state index contributed by atoms with van der Waals surface area (Å²) in [6.07, 6.45) is 1.13. The molecular weight excluding hydrogens is 397 g/mol. The number of nitrogens with zero attached hydrogens (tertiary/aromatic N) is 2. The molecule has 0 spiro atoms. The molecule has 0 saturated carbocycles. The van der Waals surface area contributed by atoms with Gasteiger partial charge in [0.25, 0.3) is 5.56 Å². The normalized spacial score (nSPS) is 11.6. The molecule has 1 aromatic carbocycles. The van der Waals surface area contributed by atoms with Crippen LogP contribution in [0.15, 0.2) is 46.2 Å². The summed E-state index contributed by atoms with van der Waals surface area (Å²) in [5.74, 6) is -1.16. The molecule has 1 heterocycles. The molecule has 10 heteroatoms. The van der Waals surface area contributed by atoms with Crippen LogP contribution in [0.3, 0.4) is 0 Å². The molecule has 0 aliphatic rings. The van der Waals surface area contributed by atoms with Gasteiger partial charge in [0.15, 0.2) is 0 Å². The van der Waals surface area contributed by atoms with Crippen LogP contribution in [0, 0.1) is 5.82 Å². The maximum atomic E-state index is 13.1. The van der Waals surface area contributed by atoms with Crippen molar-refractivity contribution in [1.82, 2.24) is 8.87 Å². The molecule has 0 atom stereocenters. The van der Waals surface area contributed by atoms with Gasteiger partial charge in [-0.05, 0) is 24.3 Å². The highest BCUT2D eigenvalue weighted by molar-refractivity contribution is 7.89. The van der Waals surface area contributed by atoms with Crippen LogP contribution in [0.2, 0.25) is 5.02 Å². The molecule has 0 unspecified atom stereocenters. The van der Waals surface area contributed by atoms with Crippen LogP contribution in [-0.2, 0) is 21.4 Å². The molecule has 146 valence electrons. The average Bonchev–Trinajstić information content (AvgIpc) is 2.60. The maximum Gasteiger partial charge on any atom is 0.251 e. The monoisotopic (exact) mass is 415 g/mol. The van der Waals surface area contributed by atoms with Gasteiger partial charge < -0.3 is 9.88 Å². The van der Waals surface area contributed by atoms with E-state index in [0.29, 0.717) is 0 Å². The van der Waals surface area contributed by atoms with E-state index in [1.165, 1.54) is 16.4 Å². The Kier molecular flexibility index (Phi) is 6.74. The van der Waals surface area contributed by atoms with Gasteiger partial charge in [-0.15, -0.1) is 0 Å². The third kappa shape index (κ3) is 4.94. The van der Waals surface area contributed by atoms with Crippen LogP contribution in [0.25, 0.3) is 0 Å². The number of rotatable bonds is 7. The number of halogens is 2. The van der Waals surface area contributed by atoms with Crippen LogP contribution in [0.5, 0.6) is 0 Å². The fraction of sp³-hybridized carbons (Fsp3) is 0.294. The van der Waals surface area contributed by atoms with E-state index in [9.17, 15) is 22.4 Å². The minimum absolute atomic E-state index is 0.00792. The van der Waals surface area contributed by atoms with Crippen molar-refractivity contribution in [3.63, 3.8) is 0 Å². The number of pyridine rings is 1. The molecule has 2 rings (SSSR count). The zero-order chi connectivity index (χ0) is 20.2. The quantitative estimate of drug-likeness (QED) is 0.751. The second-order valence-electron chi connectivity index (χ2n) is 5.59. The molecule has 1 aromatic heterocycles. The Morgan fingerprint density at radius 3 is 2.48 bits per heavy atom. The van der Waals surface area contributed by atoms with Gasteiger partial charge in [0, 0.05) is 25.4 Å². The minimum Gasteiger partial charge on any atom is -0.323 e. The summed E-state index contributed by atoms with van der Waals surface area (Å²) >= 11 is 5.85. The van der Waals surface area contributed by atoms with E-state index in [2.05, 4.69) is 5.32 Å². The lowest BCUT2D eigenvalue weighted by molar-refractivity contribution is -0.116. The molecule has 0 aliphatic heterocycles. The summed E-state index contributed by atoms with van der Waals surface area (Å²) in [5, 5.41) is 2.47. The molecule has 7 nitrogen and oxygen atoms in total. The molecule has 2 aromatic rings. The lowest BCUT2D eigenvalue weighted by atomic mass is 10.3. The van der Waals surface area contributed by atoms with Gasteiger partial charge in [0.2, 0.25) is 15.9 Å². The van der Waals surface area contributed by atoms with Crippen molar-refractivity contribution in [3.05, 3.63) is 57.7 Å². The second kappa shape index (κ2) is 8.64. The second-order valence-corrected chi connectivity index (χ2v) is 7.94. The van der Waals surface area contributed by atoms with Gasteiger partial charge in [-0.2, -0.15) is 4.31 Å². The molecule has 0 saturated heterocycles. The number of carbonyl (C=O) groups excluding carboxylic acids is 1. The largest absolute Gasteiger partial charge is 0.323 e. The summed E-state index contributed by atoms with van der Waals surface area (Å²) in [6, 6.07) is 5.76. The van der Waals surface area contributed by atoms with Gasteiger partial charge in [0.05, 0.1) is 15.6 Å². The molecule has 0 aliphatic carbocycles. The highest BCUT2D eigenvalue weighted by atomic mass is 35.5. The number of benzene rings is 1. The number of hydrogen-bond acceptors (Lipinski definition) is 4. The molecular formula is C17H19ClFN3O4S. The minimum atomic E-state index is -3.77. The molecule has 0 radical (unpaired) electrons. The molecule has 1 amide bonds. The topological polar surface area (TPSA) is 88.5 Å². The average molecular weight is 416 g/mol. The zero-order valence-electron chi connectivity index (χ0n) is 14.8. The highest BCUT2D eigenvalue weighted by Crippen LogP contribution is 2.22. The number of hydrogen-bond donors (Lipinski definition) is 1. The summed E-state index contributed by atoms with van der Waals surface area (Å²) in [7, 11) is -3.77. The Morgan fingerprint density at radius 1 is 1.22 bits per heavy atom. The molecule has 27 heavy (non-hydrogen) atoms. The van der Waals surface area contributed by atoms with Gasteiger partial charge in [0.1, 0.15) is 12.4 Å². The van der Waals surface area contributed by atoms with Crippen molar-refractivity contribution in [1.29, 1.82) is 0 Å². The van der Waals surface area contributed by atoms with E-state index in [4.69, 9.17) is 11.6 Å². The van der Waals surface area contributed by atoms with Crippen molar-refractivity contribution >= 4 is 33.2 Å². The van der Waals surface area contributed by atoms with Crippen LogP contribution >= 0.6 is 11.6 Å². The Morgan fingerprint density at radius 2 is 1.89 bits per heavy atom. The van der Waals surface area contributed by atoms with Crippen molar-refractivity contribution in [3.8, 4) is 0 Å². The van der Waals surface area contributed by atoms with Crippen molar-refractivity contribution < 1.29 is 17.6 Å². The predicted molar refractivity (Wildman–Crippen MR) is 101 cm³/mol. The fourth-order valence-electron chi connectivity index (χ4n) is 2.43. The fourth-order valence-corrected chi connectivity index (χ4v) is 4.13. The summed E-state index contributed by atoms with van der Waals surface area (Å²) in [4.78, 5) is 24.1. The molecule has 1 N–H and O–H groups in total. The summed E-state index contributed by atoms with van der Waals surface area (Å²) in [5.41, 5.74) is -0.350. The van der Waals surface area contributed by atoms with E-state index in [1.54, 1.807) is 13.8 Å².